The number of hydrogen-bond donors (Lipinski definition) is 1. The first-order valence-electron chi connectivity index (χ1n) is 7.76. The van der Waals surface area contributed by atoms with E-state index in [2.05, 4.69) is 24.3 Å². The summed E-state index contributed by atoms with van der Waals surface area (Å²) >= 11 is 0. The van der Waals surface area contributed by atoms with Crippen molar-refractivity contribution in [1.82, 2.24) is 15.1 Å². The van der Waals surface area contributed by atoms with Crippen LogP contribution < -0.4 is 5.32 Å². The summed E-state index contributed by atoms with van der Waals surface area (Å²) in [6.45, 7) is 10.2. The summed E-state index contributed by atoms with van der Waals surface area (Å²) in [7, 11) is -2.92. The topological polar surface area (TPSA) is 64.0 Å². The van der Waals surface area contributed by atoms with E-state index in [1.54, 1.807) is 0 Å². The molecular weight excluding hydrogens is 286 g/mol. The molecule has 1 aliphatic rings. The monoisotopic (exact) mass is 313 g/mol. The largest absolute Gasteiger partial charge is 0.316 e. The molecule has 0 radical (unpaired) electrons. The van der Waals surface area contributed by atoms with Crippen LogP contribution in [0.4, 0.5) is 0 Å². The zero-order valence-corrected chi connectivity index (χ0v) is 14.4. The second kappa shape index (κ2) is 6.08. The van der Waals surface area contributed by atoms with Crippen molar-refractivity contribution in [2.45, 2.75) is 52.5 Å². The van der Waals surface area contributed by atoms with E-state index in [4.69, 9.17) is 0 Å². The average Bonchev–Trinajstić information content (AvgIpc) is 2.85. The van der Waals surface area contributed by atoms with Gasteiger partial charge in [-0.1, -0.05) is 6.92 Å². The van der Waals surface area contributed by atoms with Crippen LogP contribution in [-0.2, 0) is 21.8 Å². The van der Waals surface area contributed by atoms with Crippen molar-refractivity contribution < 1.29 is 8.42 Å². The molecule has 0 aromatic carbocycles. The predicted molar refractivity (Wildman–Crippen MR) is 85.5 cm³/mol. The van der Waals surface area contributed by atoms with Crippen LogP contribution in [0, 0.1) is 13.8 Å². The molecule has 1 saturated heterocycles. The molecule has 1 N–H and O–H groups in total. The summed E-state index contributed by atoms with van der Waals surface area (Å²) in [5, 5.41) is 8.06. The Kier molecular flexibility index (Phi) is 4.78. The van der Waals surface area contributed by atoms with Gasteiger partial charge in [-0.2, -0.15) is 5.10 Å². The Morgan fingerprint density at radius 1 is 1.33 bits per heavy atom. The van der Waals surface area contributed by atoms with Gasteiger partial charge >= 0.3 is 0 Å². The summed E-state index contributed by atoms with van der Waals surface area (Å²) < 4.78 is 25.6. The van der Waals surface area contributed by atoms with Gasteiger partial charge in [0.2, 0.25) is 0 Å². The Bertz CT molecular complexity index is 607. The number of sulfone groups is 1. The number of aryl methyl sites for hydroxylation is 1. The maximum atomic E-state index is 11.8. The van der Waals surface area contributed by atoms with Gasteiger partial charge < -0.3 is 5.32 Å². The molecule has 2 rings (SSSR count). The van der Waals surface area contributed by atoms with Crippen molar-refractivity contribution in [2.75, 3.05) is 24.6 Å². The fourth-order valence-corrected chi connectivity index (χ4v) is 5.35. The quantitative estimate of drug-likeness (QED) is 0.810. The molecule has 6 heteroatoms. The van der Waals surface area contributed by atoms with Crippen molar-refractivity contribution in [3.63, 3.8) is 0 Å². The molecule has 120 valence electrons. The van der Waals surface area contributed by atoms with Crippen LogP contribution in [0.5, 0.6) is 0 Å². The Labute approximate surface area is 128 Å². The molecule has 1 aromatic rings. The molecule has 0 amide bonds. The minimum Gasteiger partial charge on any atom is -0.316 e. The third kappa shape index (κ3) is 3.48. The van der Waals surface area contributed by atoms with Crippen molar-refractivity contribution in [3.05, 3.63) is 17.0 Å². The lowest BCUT2D eigenvalue weighted by Gasteiger charge is -2.24. The van der Waals surface area contributed by atoms with Gasteiger partial charge in [0.05, 0.1) is 22.7 Å². The molecule has 2 heterocycles. The zero-order chi connectivity index (χ0) is 15.7. The maximum Gasteiger partial charge on any atom is 0.152 e. The molecule has 0 spiro atoms. The van der Waals surface area contributed by atoms with E-state index in [1.165, 1.54) is 5.56 Å². The summed E-state index contributed by atoms with van der Waals surface area (Å²) in [6.07, 6.45) is 2.73. The van der Waals surface area contributed by atoms with Gasteiger partial charge in [-0.15, -0.1) is 0 Å². The second-order valence-electron chi connectivity index (χ2n) is 6.40. The van der Waals surface area contributed by atoms with Gasteiger partial charge in [0.15, 0.2) is 9.84 Å². The number of hydrogen-bond acceptors (Lipinski definition) is 4. The van der Waals surface area contributed by atoms with Crippen molar-refractivity contribution in [3.8, 4) is 0 Å². The fourth-order valence-electron chi connectivity index (χ4n) is 3.24. The van der Waals surface area contributed by atoms with Crippen molar-refractivity contribution >= 4 is 9.84 Å². The molecular formula is C15H27N3O2S. The lowest BCUT2D eigenvalue weighted by atomic mass is 10.0. The maximum absolute atomic E-state index is 11.8. The Hall–Kier alpha value is -0.880. The number of rotatable bonds is 6. The number of nitrogens with one attached hydrogen (secondary N) is 1. The van der Waals surface area contributed by atoms with Crippen LogP contribution in [0.15, 0.2) is 0 Å². The van der Waals surface area contributed by atoms with Crippen molar-refractivity contribution in [1.29, 1.82) is 0 Å². The molecule has 1 aromatic heterocycles. The number of aromatic nitrogens is 2. The second-order valence-corrected chi connectivity index (χ2v) is 8.58. The first-order valence-corrected chi connectivity index (χ1v) is 9.58. The summed E-state index contributed by atoms with van der Waals surface area (Å²) in [5.41, 5.74) is 3.01. The van der Waals surface area contributed by atoms with Gasteiger partial charge in [0.25, 0.3) is 0 Å². The highest BCUT2D eigenvalue weighted by Crippen LogP contribution is 2.32. The minimum absolute atomic E-state index is 0.204. The standard InChI is InChI=1S/C15H27N3O2S/c1-5-8-16-9-6-14-12(2)17-18(13(14)3)15(4)7-10-21(19,20)11-15/h16H,5-11H2,1-4H3. The fraction of sp³-hybridized carbons (Fsp3) is 0.800. The smallest absolute Gasteiger partial charge is 0.152 e. The Balaban J connectivity index is 2.19. The molecule has 1 unspecified atom stereocenters. The van der Waals surface area contributed by atoms with Crippen LogP contribution in [0.25, 0.3) is 0 Å². The van der Waals surface area contributed by atoms with Crippen LogP contribution in [-0.4, -0.2) is 42.8 Å². The highest BCUT2D eigenvalue weighted by Gasteiger charge is 2.41. The highest BCUT2D eigenvalue weighted by molar-refractivity contribution is 7.91. The van der Waals surface area contributed by atoms with E-state index >= 15 is 0 Å². The molecule has 0 bridgehead atoms. The van der Waals surface area contributed by atoms with E-state index in [1.807, 2.05) is 18.5 Å². The predicted octanol–water partition coefficient (Wildman–Crippen LogP) is 1.58. The van der Waals surface area contributed by atoms with Crippen LogP contribution >= 0.6 is 0 Å². The normalized spacial score (nSPS) is 24.6. The third-order valence-electron chi connectivity index (χ3n) is 4.41. The Morgan fingerprint density at radius 2 is 2.05 bits per heavy atom. The van der Waals surface area contributed by atoms with Crippen LogP contribution in [0.3, 0.4) is 0 Å². The molecule has 1 atom stereocenters. The lowest BCUT2D eigenvalue weighted by molar-refractivity contribution is 0.320. The Morgan fingerprint density at radius 3 is 2.62 bits per heavy atom. The summed E-state index contributed by atoms with van der Waals surface area (Å²) in [5.74, 6) is 0.477. The van der Waals surface area contributed by atoms with Gasteiger partial charge in [0.1, 0.15) is 0 Å². The summed E-state index contributed by atoms with van der Waals surface area (Å²) in [6, 6.07) is 0. The van der Waals surface area contributed by atoms with Crippen LogP contribution in [0.1, 0.15) is 43.6 Å². The van der Waals surface area contributed by atoms with Gasteiger partial charge in [-0.05, 0) is 58.7 Å². The zero-order valence-electron chi connectivity index (χ0n) is 13.6. The lowest BCUT2D eigenvalue weighted by Crippen LogP contribution is -2.33. The van der Waals surface area contributed by atoms with E-state index in [0.29, 0.717) is 6.42 Å². The SMILES string of the molecule is CCCNCCc1c(C)nn(C2(C)CCS(=O)(=O)C2)c1C. The van der Waals surface area contributed by atoms with Gasteiger partial charge in [-0.3, -0.25) is 4.68 Å². The van der Waals surface area contributed by atoms with Gasteiger partial charge in [0, 0.05) is 5.69 Å². The van der Waals surface area contributed by atoms with E-state index in [0.717, 1.165) is 37.3 Å². The first kappa shape index (κ1) is 16.5. The van der Waals surface area contributed by atoms with Gasteiger partial charge in [-0.25, -0.2) is 8.42 Å². The minimum atomic E-state index is -2.92. The first-order chi connectivity index (χ1) is 9.79. The third-order valence-corrected chi connectivity index (χ3v) is 6.30. The molecule has 0 aliphatic carbocycles. The molecule has 21 heavy (non-hydrogen) atoms. The van der Waals surface area contributed by atoms with Crippen molar-refractivity contribution in [2.24, 2.45) is 0 Å². The molecule has 1 aliphatic heterocycles. The highest BCUT2D eigenvalue weighted by atomic mass is 32.2. The van der Waals surface area contributed by atoms with Crippen LogP contribution in [0.2, 0.25) is 0 Å². The van der Waals surface area contributed by atoms with E-state index in [-0.39, 0.29) is 17.0 Å². The van der Waals surface area contributed by atoms with E-state index in [9.17, 15) is 8.42 Å². The molecule has 0 saturated carbocycles. The summed E-state index contributed by atoms with van der Waals surface area (Å²) in [4.78, 5) is 0. The average molecular weight is 313 g/mol. The molecule has 1 fully saturated rings. The number of nitrogens with zero attached hydrogens (tertiary/aromatic N) is 2. The van der Waals surface area contributed by atoms with E-state index < -0.39 is 9.84 Å². The molecule has 5 nitrogen and oxygen atoms in total.